The second-order valence-corrected chi connectivity index (χ2v) is 7.06. The van der Waals surface area contributed by atoms with Gasteiger partial charge in [-0.25, -0.2) is 0 Å². The van der Waals surface area contributed by atoms with E-state index in [0.29, 0.717) is 30.2 Å². The number of ether oxygens (including phenoxy) is 1. The number of hydrogen-bond acceptors (Lipinski definition) is 4. The molecule has 1 atom stereocenters. The van der Waals surface area contributed by atoms with Gasteiger partial charge in [-0.2, -0.15) is 0 Å². The third kappa shape index (κ3) is 5.34. The first-order chi connectivity index (χ1) is 14.0. The maximum Gasteiger partial charge on any atom is 0.229 e. The molecule has 1 aliphatic heterocycles. The van der Waals surface area contributed by atoms with Crippen molar-refractivity contribution >= 4 is 29.1 Å². The van der Waals surface area contributed by atoms with Gasteiger partial charge in [0, 0.05) is 32.1 Å². The van der Waals surface area contributed by atoms with Gasteiger partial charge < -0.3 is 20.3 Å². The highest BCUT2D eigenvalue weighted by Crippen LogP contribution is 2.29. The van der Waals surface area contributed by atoms with Crippen molar-refractivity contribution in [2.24, 2.45) is 5.92 Å². The fourth-order valence-corrected chi connectivity index (χ4v) is 3.39. The Balaban J connectivity index is 1.62. The lowest BCUT2D eigenvalue weighted by atomic mass is 10.1. The second-order valence-electron chi connectivity index (χ2n) is 7.06. The summed E-state index contributed by atoms with van der Waals surface area (Å²) < 4.78 is 5.29. The number of benzene rings is 2. The number of anilines is 2. The molecule has 0 bridgehead atoms. The highest BCUT2D eigenvalue weighted by Gasteiger charge is 2.34. The summed E-state index contributed by atoms with van der Waals surface area (Å²) in [6.07, 6.45) is 0.946. The van der Waals surface area contributed by atoms with Crippen LogP contribution < -0.4 is 15.4 Å². The van der Waals surface area contributed by atoms with Crippen molar-refractivity contribution in [3.8, 4) is 5.75 Å². The number of methoxy groups -OCH3 is 1. The van der Waals surface area contributed by atoms with Crippen LogP contribution in [0.25, 0.3) is 0 Å². The smallest absolute Gasteiger partial charge is 0.229 e. The van der Waals surface area contributed by atoms with Crippen molar-refractivity contribution < 1.29 is 19.1 Å². The van der Waals surface area contributed by atoms with Crippen LogP contribution in [0.3, 0.4) is 0 Å². The van der Waals surface area contributed by atoms with Crippen molar-refractivity contribution in [3.05, 3.63) is 54.1 Å². The van der Waals surface area contributed by atoms with Crippen LogP contribution in [-0.4, -0.2) is 42.8 Å². The average Bonchev–Trinajstić information content (AvgIpc) is 3.08. The van der Waals surface area contributed by atoms with Crippen molar-refractivity contribution in [1.29, 1.82) is 0 Å². The standard InChI is InChI=1S/C22H25N3O4/c1-15(26)23-18-8-9-20(29-2)19(13-18)24-22(28)17-12-21(27)25(14-17)11-10-16-6-4-3-5-7-16/h3-9,13,17H,10-12,14H2,1-2H3,(H,23,26)(H,24,28)/t17-/m1/s1. The average molecular weight is 395 g/mol. The Morgan fingerprint density at radius 3 is 2.59 bits per heavy atom. The number of amides is 3. The van der Waals surface area contributed by atoms with Gasteiger partial charge in [0.1, 0.15) is 5.75 Å². The summed E-state index contributed by atoms with van der Waals surface area (Å²) >= 11 is 0. The minimum atomic E-state index is -0.424. The van der Waals surface area contributed by atoms with Gasteiger partial charge in [0.25, 0.3) is 0 Å². The molecule has 0 spiro atoms. The van der Waals surface area contributed by atoms with E-state index in [0.717, 1.165) is 12.0 Å². The zero-order valence-electron chi connectivity index (χ0n) is 16.6. The molecule has 3 amide bonds. The van der Waals surface area contributed by atoms with Crippen LogP contribution in [0.1, 0.15) is 18.9 Å². The summed E-state index contributed by atoms with van der Waals surface area (Å²) in [5.41, 5.74) is 2.17. The molecule has 0 unspecified atom stereocenters. The first-order valence-corrected chi connectivity index (χ1v) is 9.54. The third-order valence-electron chi connectivity index (χ3n) is 4.88. The van der Waals surface area contributed by atoms with Crippen LogP contribution in [0.4, 0.5) is 11.4 Å². The fraction of sp³-hybridized carbons (Fsp3) is 0.318. The van der Waals surface area contributed by atoms with Gasteiger partial charge in [-0.3, -0.25) is 14.4 Å². The van der Waals surface area contributed by atoms with Crippen molar-refractivity contribution in [1.82, 2.24) is 4.90 Å². The lowest BCUT2D eigenvalue weighted by molar-refractivity contribution is -0.128. The van der Waals surface area contributed by atoms with Gasteiger partial charge in [-0.15, -0.1) is 0 Å². The summed E-state index contributed by atoms with van der Waals surface area (Å²) in [6, 6.07) is 15.0. The Labute approximate surface area is 170 Å². The number of rotatable bonds is 7. The van der Waals surface area contributed by atoms with Gasteiger partial charge in [0.2, 0.25) is 17.7 Å². The van der Waals surface area contributed by atoms with E-state index in [1.807, 2.05) is 30.3 Å². The van der Waals surface area contributed by atoms with Crippen molar-refractivity contribution in [2.75, 3.05) is 30.8 Å². The van der Waals surface area contributed by atoms with Crippen LogP contribution >= 0.6 is 0 Å². The Bertz CT molecular complexity index is 898. The molecule has 0 aliphatic carbocycles. The van der Waals surface area contributed by atoms with Crippen molar-refractivity contribution in [2.45, 2.75) is 19.8 Å². The Kier molecular flexibility index (Phi) is 6.49. The van der Waals surface area contributed by atoms with E-state index in [9.17, 15) is 14.4 Å². The van der Waals surface area contributed by atoms with E-state index in [4.69, 9.17) is 4.74 Å². The van der Waals surface area contributed by atoms with Crippen LogP contribution in [0, 0.1) is 5.92 Å². The lowest BCUT2D eigenvalue weighted by Crippen LogP contribution is -2.30. The molecular formula is C22H25N3O4. The van der Waals surface area contributed by atoms with Gasteiger partial charge in [0.15, 0.2) is 0 Å². The summed E-state index contributed by atoms with van der Waals surface area (Å²) in [4.78, 5) is 38.1. The molecule has 0 saturated carbocycles. The largest absolute Gasteiger partial charge is 0.495 e. The maximum absolute atomic E-state index is 12.7. The normalized spacial score (nSPS) is 15.9. The monoisotopic (exact) mass is 395 g/mol. The molecule has 0 aromatic heterocycles. The molecule has 2 aromatic carbocycles. The Morgan fingerprint density at radius 2 is 1.90 bits per heavy atom. The number of carbonyl (C=O) groups is 3. The number of hydrogen-bond donors (Lipinski definition) is 2. The first kappa shape index (κ1) is 20.4. The van der Waals surface area contributed by atoms with E-state index >= 15 is 0 Å². The molecule has 152 valence electrons. The van der Waals surface area contributed by atoms with E-state index < -0.39 is 5.92 Å². The molecule has 2 N–H and O–H groups in total. The molecule has 1 saturated heterocycles. The zero-order valence-corrected chi connectivity index (χ0v) is 16.6. The number of nitrogens with one attached hydrogen (secondary N) is 2. The van der Waals surface area contributed by atoms with E-state index in [2.05, 4.69) is 10.6 Å². The number of likely N-dealkylation sites (tertiary alicyclic amines) is 1. The second kappa shape index (κ2) is 9.23. The molecule has 2 aromatic rings. The Hall–Kier alpha value is -3.35. The van der Waals surface area contributed by atoms with Gasteiger partial charge in [-0.1, -0.05) is 30.3 Å². The van der Waals surface area contributed by atoms with Gasteiger partial charge >= 0.3 is 0 Å². The molecule has 29 heavy (non-hydrogen) atoms. The van der Waals surface area contributed by atoms with Crippen LogP contribution in [0.2, 0.25) is 0 Å². The van der Waals surface area contributed by atoms with E-state index in [1.54, 1.807) is 23.1 Å². The van der Waals surface area contributed by atoms with E-state index in [-0.39, 0.29) is 24.1 Å². The zero-order chi connectivity index (χ0) is 20.8. The predicted molar refractivity (Wildman–Crippen MR) is 111 cm³/mol. The number of carbonyl (C=O) groups excluding carboxylic acids is 3. The highest BCUT2D eigenvalue weighted by atomic mass is 16.5. The third-order valence-corrected chi connectivity index (χ3v) is 4.88. The van der Waals surface area contributed by atoms with Gasteiger partial charge in [-0.05, 0) is 30.2 Å². The maximum atomic E-state index is 12.7. The Morgan fingerprint density at radius 1 is 1.14 bits per heavy atom. The summed E-state index contributed by atoms with van der Waals surface area (Å²) in [5, 5.41) is 5.52. The molecular weight excluding hydrogens is 370 g/mol. The van der Waals surface area contributed by atoms with Crippen LogP contribution in [-0.2, 0) is 20.8 Å². The van der Waals surface area contributed by atoms with Crippen molar-refractivity contribution in [3.63, 3.8) is 0 Å². The summed E-state index contributed by atoms with van der Waals surface area (Å²) in [6.45, 7) is 2.40. The summed E-state index contributed by atoms with van der Waals surface area (Å²) in [7, 11) is 1.51. The molecule has 0 radical (unpaired) electrons. The molecule has 1 fully saturated rings. The number of nitrogens with zero attached hydrogens (tertiary/aromatic N) is 1. The minimum Gasteiger partial charge on any atom is -0.495 e. The first-order valence-electron chi connectivity index (χ1n) is 9.54. The van der Waals surface area contributed by atoms with Crippen LogP contribution in [0.15, 0.2) is 48.5 Å². The molecule has 1 aliphatic rings. The fourth-order valence-electron chi connectivity index (χ4n) is 3.39. The molecule has 7 heteroatoms. The van der Waals surface area contributed by atoms with Gasteiger partial charge in [0.05, 0.1) is 18.7 Å². The van der Waals surface area contributed by atoms with E-state index in [1.165, 1.54) is 14.0 Å². The highest BCUT2D eigenvalue weighted by molar-refractivity contribution is 5.99. The SMILES string of the molecule is COc1ccc(NC(C)=O)cc1NC(=O)[C@@H]1CC(=O)N(CCc2ccccc2)C1. The lowest BCUT2D eigenvalue weighted by Gasteiger charge is -2.17. The minimum absolute atomic E-state index is 0.0138. The topological polar surface area (TPSA) is 87.7 Å². The molecule has 7 nitrogen and oxygen atoms in total. The quantitative estimate of drug-likeness (QED) is 0.755. The van der Waals surface area contributed by atoms with Crippen LogP contribution in [0.5, 0.6) is 5.75 Å². The summed E-state index contributed by atoms with van der Waals surface area (Å²) in [5.74, 6) is -0.396. The molecule has 1 heterocycles. The molecule has 3 rings (SSSR count). The predicted octanol–water partition coefficient (Wildman–Crippen LogP) is 2.68.